The molecule has 2 nitrogen and oxygen atoms in total. The van der Waals surface area contributed by atoms with Crippen LogP contribution in [0.1, 0.15) is 18.9 Å². The zero-order valence-corrected chi connectivity index (χ0v) is 10.2. The Morgan fingerprint density at radius 1 is 1.33 bits per heavy atom. The van der Waals surface area contributed by atoms with E-state index in [9.17, 15) is 0 Å². The van der Waals surface area contributed by atoms with Gasteiger partial charge in [-0.1, -0.05) is 37.3 Å². The number of thiocarbonyl (C=S) groups is 1. The summed E-state index contributed by atoms with van der Waals surface area (Å²) in [7, 11) is 2.01. The molecule has 0 aliphatic rings. The van der Waals surface area contributed by atoms with Gasteiger partial charge in [-0.15, -0.1) is 0 Å². The molecule has 1 rings (SSSR count). The third-order valence-electron chi connectivity index (χ3n) is 2.14. The second-order valence-corrected chi connectivity index (χ2v) is 3.96. The zero-order chi connectivity index (χ0) is 11.1. The van der Waals surface area contributed by atoms with E-state index in [2.05, 4.69) is 29.3 Å². The van der Waals surface area contributed by atoms with Crippen LogP contribution in [0.5, 0.6) is 0 Å². The van der Waals surface area contributed by atoms with Gasteiger partial charge < -0.3 is 10.2 Å². The zero-order valence-electron chi connectivity index (χ0n) is 9.36. The molecule has 0 amide bonds. The fourth-order valence-corrected chi connectivity index (χ4v) is 1.46. The van der Waals surface area contributed by atoms with Gasteiger partial charge in [0.25, 0.3) is 0 Å². The van der Waals surface area contributed by atoms with Crippen LogP contribution in [0, 0.1) is 0 Å². The van der Waals surface area contributed by atoms with Crippen LogP contribution >= 0.6 is 12.2 Å². The normalized spacial score (nSPS) is 9.73. The maximum atomic E-state index is 5.26. The highest BCUT2D eigenvalue weighted by Crippen LogP contribution is 2.02. The molecule has 0 spiro atoms. The van der Waals surface area contributed by atoms with E-state index >= 15 is 0 Å². The molecule has 1 aromatic rings. The van der Waals surface area contributed by atoms with Crippen molar-refractivity contribution in [3.63, 3.8) is 0 Å². The van der Waals surface area contributed by atoms with Crippen molar-refractivity contribution in [2.75, 3.05) is 13.6 Å². The molecule has 1 aromatic carbocycles. The molecule has 0 bridgehead atoms. The predicted molar refractivity (Wildman–Crippen MR) is 68.8 cm³/mol. The van der Waals surface area contributed by atoms with E-state index in [0.717, 1.165) is 24.6 Å². The van der Waals surface area contributed by atoms with Crippen molar-refractivity contribution >= 4 is 17.3 Å². The van der Waals surface area contributed by atoms with Crippen LogP contribution in [-0.2, 0) is 6.54 Å². The number of nitrogens with zero attached hydrogens (tertiary/aromatic N) is 1. The minimum Gasteiger partial charge on any atom is -0.363 e. The molecule has 0 radical (unpaired) electrons. The van der Waals surface area contributed by atoms with Gasteiger partial charge in [-0.05, 0) is 24.2 Å². The van der Waals surface area contributed by atoms with Crippen molar-refractivity contribution in [2.24, 2.45) is 0 Å². The predicted octanol–water partition coefficient (Wildman–Crippen LogP) is 2.40. The van der Waals surface area contributed by atoms with Crippen LogP contribution in [0.15, 0.2) is 30.3 Å². The first-order chi connectivity index (χ1) is 7.24. The molecule has 0 heterocycles. The van der Waals surface area contributed by atoms with E-state index in [4.69, 9.17) is 12.2 Å². The third-order valence-corrected chi connectivity index (χ3v) is 2.59. The van der Waals surface area contributed by atoms with Crippen LogP contribution in [0.3, 0.4) is 0 Å². The molecule has 0 aromatic heterocycles. The van der Waals surface area contributed by atoms with Crippen LogP contribution in [0.25, 0.3) is 0 Å². The summed E-state index contributed by atoms with van der Waals surface area (Å²) in [4.78, 5) is 2.06. The Labute approximate surface area is 97.3 Å². The fourth-order valence-electron chi connectivity index (χ4n) is 1.30. The number of rotatable bonds is 4. The summed E-state index contributed by atoms with van der Waals surface area (Å²) in [6, 6.07) is 10.3. The minimum atomic E-state index is 0.820. The Balaban J connectivity index is 2.41. The first kappa shape index (κ1) is 12.0. The van der Waals surface area contributed by atoms with E-state index in [0.29, 0.717) is 0 Å². The molecule has 0 atom stereocenters. The van der Waals surface area contributed by atoms with E-state index in [-0.39, 0.29) is 0 Å². The lowest BCUT2D eigenvalue weighted by molar-refractivity contribution is 0.489. The summed E-state index contributed by atoms with van der Waals surface area (Å²) in [5.74, 6) is 0. The van der Waals surface area contributed by atoms with Gasteiger partial charge in [0.05, 0.1) is 0 Å². The summed E-state index contributed by atoms with van der Waals surface area (Å²) in [6.07, 6.45) is 1.10. The van der Waals surface area contributed by atoms with Crippen LogP contribution in [0.4, 0.5) is 0 Å². The maximum absolute atomic E-state index is 5.26. The largest absolute Gasteiger partial charge is 0.363 e. The molecule has 0 aliphatic heterocycles. The smallest absolute Gasteiger partial charge is 0.168 e. The lowest BCUT2D eigenvalue weighted by Gasteiger charge is -2.20. The number of hydrogen-bond donors (Lipinski definition) is 1. The third kappa shape index (κ3) is 4.30. The summed E-state index contributed by atoms with van der Waals surface area (Å²) in [5, 5.41) is 4.03. The van der Waals surface area contributed by atoms with E-state index < -0.39 is 0 Å². The van der Waals surface area contributed by atoms with Crippen molar-refractivity contribution in [1.82, 2.24) is 10.2 Å². The quantitative estimate of drug-likeness (QED) is 0.788. The Bertz CT molecular complexity index is 298. The van der Waals surface area contributed by atoms with Gasteiger partial charge in [0.15, 0.2) is 5.11 Å². The van der Waals surface area contributed by atoms with Gasteiger partial charge in [-0.2, -0.15) is 0 Å². The van der Waals surface area contributed by atoms with Crippen molar-refractivity contribution in [3.8, 4) is 0 Å². The summed E-state index contributed by atoms with van der Waals surface area (Å²) >= 11 is 5.26. The molecule has 82 valence electrons. The maximum Gasteiger partial charge on any atom is 0.168 e. The standard InChI is InChI=1S/C12H18N2S/c1-3-9-13-12(15)14(2)10-11-7-5-4-6-8-11/h4-8H,3,9-10H2,1-2H3,(H,13,15). The fraction of sp³-hybridized carbons (Fsp3) is 0.417. The van der Waals surface area contributed by atoms with E-state index in [1.807, 2.05) is 25.2 Å². The first-order valence-electron chi connectivity index (χ1n) is 5.27. The van der Waals surface area contributed by atoms with E-state index in [1.54, 1.807) is 0 Å². The Morgan fingerprint density at radius 3 is 2.60 bits per heavy atom. The van der Waals surface area contributed by atoms with Crippen LogP contribution in [0.2, 0.25) is 0 Å². The lowest BCUT2D eigenvalue weighted by Crippen LogP contribution is -2.36. The van der Waals surface area contributed by atoms with Crippen molar-refractivity contribution in [1.29, 1.82) is 0 Å². The summed E-state index contributed by atoms with van der Waals surface area (Å²) < 4.78 is 0. The molecule has 0 unspecified atom stereocenters. The second kappa shape index (κ2) is 6.40. The molecular weight excluding hydrogens is 204 g/mol. The highest BCUT2D eigenvalue weighted by molar-refractivity contribution is 7.80. The molecule has 1 N–H and O–H groups in total. The number of hydrogen-bond acceptors (Lipinski definition) is 1. The van der Waals surface area contributed by atoms with Gasteiger partial charge in [0, 0.05) is 20.1 Å². The molecule has 0 aliphatic carbocycles. The van der Waals surface area contributed by atoms with Crippen molar-refractivity contribution in [3.05, 3.63) is 35.9 Å². The van der Waals surface area contributed by atoms with Crippen molar-refractivity contribution < 1.29 is 0 Å². The van der Waals surface area contributed by atoms with Crippen LogP contribution in [-0.4, -0.2) is 23.6 Å². The lowest BCUT2D eigenvalue weighted by atomic mass is 10.2. The first-order valence-corrected chi connectivity index (χ1v) is 5.67. The summed E-state index contributed by atoms with van der Waals surface area (Å²) in [6.45, 7) is 3.93. The number of benzene rings is 1. The van der Waals surface area contributed by atoms with Gasteiger partial charge in [-0.3, -0.25) is 0 Å². The monoisotopic (exact) mass is 222 g/mol. The molecule has 15 heavy (non-hydrogen) atoms. The average molecular weight is 222 g/mol. The highest BCUT2D eigenvalue weighted by Gasteiger charge is 2.03. The average Bonchev–Trinajstić information content (AvgIpc) is 2.27. The Kier molecular flexibility index (Phi) is 5.12. The Morgan fingerprint density at radius 2 is 2.00 bits per heavy atom. The van der Waals surface area contributed by atoms with Gasteiger partial charge >= 0.3 is 0 Å². The Hall–Kier alpha value is -1.09. The van der Waals surface area contributed by atoms with Gasteiger partial charge in [0.2, 0.25) is 0 Å². The number of nitrogens with one attached hydrogen (secondary N) is 1. The van der Waals surface area contributed by atoms with Crippen molar-refractivity contribution in [2.45, 2.75) is 19.9 Å². The molecule has 0 saturated heterocycles. The topological polar surface area (TPSA) is 15.3 Å². The minimum absolute atomic E-state index is 0.820. The summed E-state index contributed by atoms with van der Waals surface area (Å²) in [5.41, 5.74) is 1.28. The highest BCUT2D eigenvalue weighted by atomic mass is 32.1. The SMILES string of the molecule is CCCNC(=S)N(C)Cc1ccccc1. The molecule has 0 fully saturated rings. The van der Waals surface area contributed by atoms with Crippen LogP contribution < -0.4 is 5.32 Å². The molecular formula is C12H18N2S. The molecule has 3 heteroatoms. The van der Waals surface area contributed by atoms with E-state index in [1.165, 1.54) is 5.56 Å². The van der Waals surface area contributed by atoms with Gasteiger partial charge in [-0.25, -0.2) is 0 Å². The van der Waals surface area contributed by atoms with Gasteiger partial charge in [0.1, 0.15) is 0 Å². The second-order valence-electron chi connectivity index (χ2n) is 3.57. The molecule has 0 saturated carbocycles.